The molecule has 0 aromatic heterocycles. The maximum absolute atomic E-state index is 12.0. The fourth-order valence-electron chi connectivity index (χ4n) is 2.73. The van der Waals surface area contributed by atoms with Gasteiger partial charge in [-0.1, -0.05) is 13.3 Å². The Morgan fingerprint density at radius 1 is 1.32 bits per heavy atom. The van der Waals surface area contributed by atoms with Crippen molar-refractivity contribution in [3.8, 4) is 0 Å². The van der Waals surface area contributed by atoms with Crippen LogP contribution in [-0.2, 0) is 4.79 Å². The van der Waals surface area contributed by atoms with Gasteiger partial charge in [0.05, 0.1) is 0 Å². The zero-order chi connectivity index (χ0) is 14.1. The number of hydrogen-bond acceptors (Lipinski definition) is 3. The van der Waals surface area contributed by atoms with Gasteiger partial charge in [0.15, 0.2) is 0 Å². The third-order valence-electron chi connectivity index (χ3n) is 4.29. The number of likely N-dealkylation sites (N-methyl/N-ethyl adjacent to an activating group) is 1. The van der Waals surface area contributed by atoms with E-state index in [1.54, 1.807) is 0 Å². The van der Waals surface area contributed by atoms with E-state index < -0.39 is 0 Å². The Hall–Kier alpha value is -0.610. The molecule has 19 heavy (non-hydrogen) atoms. The molecule has 1 aliphatic heterocycles. The van der Waals surface area contributed by atoms with Crippen molar-refractivity contribution in [1.29, 1.82) is 0 Å². The van der Waals surface area contributed by atoms with E-state index in [9.17, 15) is 4.79 Å². The summed E-state index contributed by atoms with van der Waals surface area (Å²) in [5, 5.41) is 0. The van der Waals surface area contributed by atoms with E-state index in [0.717, 1.165) is 38.9 Å². The Kier molecular flexibility index (Phi) is 8.07. The average Bonchev–Trinajstić information content (AvgIpc) is 2.93. The smallest absolute Gasteiger partial charge is 0.222 e. The van der Waals surface area contributed by atoms with E-state index in [-0.39, 0.29) is 5.91 Å². The minimum atomic E-state index is 0.287. The summed E-state index contributed by atoms with van der Waals surface area (Å²) in [7, 11) is 1.93. The largest absolute Gasteiger partial charge is 0.344 e. The Morgan fingerprint density at radius 3 is 2.58 bits per heavy atom. The van der Waals surface area contributed by atoms with Crippen molar-refractivity contribution in [3.05, 3.63) is 0 Å². The zero-order valence-corrected chi connectivity index (χ0v) is 12.7. The SMILES string of the molecule is CCC(CCN)CCC(=O)N(C)CCN1CCCC1. The highest BCUT2D eigenvalue weighted by Crippen LogP contribution is 2.15. The minimum absolute atomic E-state index is 0.287. The number of rotatable bonds is 9. The fraction of sp³-hybridized carbons (Fsp3) is 0.933. The van der Waals surface area contributed by atoms with Crippen LogP contribution in [0.15, 0.2) is 0 Å². The molecule has 1 aliphatic rings. The van der Waals surface area contributed by atoms with Gasteiger partial charge in [-0.3, -0.25) is 4.79 Å². The van der Waals surface area contributed by atoms with Crippen LogP contribution in [0, 0.1) is 5.92 Å². The number of nitrogens with two attached hydrogens (primary N) is 1. The Labute approximate surface area is 118 Å². The first-order valence-electron chi connectivity index (χ1n) is 7.83. The predicted molar refractivity (Wildman–Crippen MR) is 80.0 cm³/mol. The predicted octanol–water partition coefficient (Wildman–Crippen LogP) is 1.70. The lowest BCUT2D eigenvalue weighted by Crippen LogP contribution is -2.35. The maximum atomic E-state index is 12.0. The lowest BCUT2D eigenvalue weighted by Gasteiger charge is -2.22. The van der Waals surface area contributed by atoms with E-state index in [1.165, 1.54) is 25.9 Å². The topological polar surface area (TPSA) is 49.6 Å². The molecule has 1 heterocycles. The van der Waals surface area contributed by atoms with Crippen LogP contribution in [0.2, 0.25) is 0 Å². The van der Waals surface area contributed by atoms with E-state index in [2.05, 4.69) is 11.8 Å². The van der Waals surface area contributed by atoms with Crippen LogP contribution in [0.4, 0.5) is 0 Å². The normalized spacial score (nSPS) is 17.6. The van der Waals surface area contributed by atoms with Crippen LogP contribution >= 0.6 is 0 Å². The highest BCUT2D eigenvalue weighted by Gasteiger charge is 2.15. The van der Waals surface area contributed by atoms with Crippen molar-refractivity contribution < 1.29 is 4.79 Å². The number of amides is 1. The molecule has 0 saturated carbocycles. The molecule has 2 N–H and O–H groups in total. The highest BCUT2D eigenvalue weighted by atomic mass is 16.2. The van der Waals surface area contributed by atoms with Gasteiger partial charge in [-0.05, 0) is 51.2 Å². The molecular formula is C15H31N3O. The summed E-state index contributed by atoms with van der Waals surface area (Å²) < 4.78 is 0. The molecule has 0 bridgehead atoms. The van der Waals surface area contributed by atoms with Crippen LogP contribution in [-0.4, -0.2) is 55.5 Å². The van der Waals surface area contributed by atoms with Crippen molar-refractivity contribution in [2.75, 3.05) is 39.8 Å². The molecule has 0 aromatic carbocycles. The Bertz CT molecular complexity index is 252. The second-order valence-electron chi connectivity index (χ2n) is 5.75. The maximum Gasteiger partial charge on any atom is 0.222 e. The summed E-state index contributed by atoms with van der Waals surface area (Å²) in [6.45, 7) is 7.22. The summed E-state index contributed by atoms with van der Waals surface area (Å²) in [5.41, 5.74) is 5.59. The van der Waals surface area contributed by atoms with Crippen molar-refractivity contribution in [1.82, 2.24) is 9.80 Å². The summed E-state index contributed by atoms with van der Waals surface area (Å²) in [4.78, 5) is 16.4. The summed E-state index contributed by atoms with van der Waals surface area (Å²) in [5.74, 6) is 0.899. The molecule has 0 aromatic rings. The van der Waals surface area contributed by atoms with Gasteiger partial charge in [-0.15, -0.1) is 0 Å². The van der Waals surface area contributed by atoms with Gasteiger partial charge in [-0.25, -0.2) is 0 Å². The second kappa shape index (κ2) is 9.32. The first-order valence-corrected chi connectivity index (χ1v) is 7.83. The molecule has 0 aliphatic carbocycles. The molecule has 1 fully saturated rings. The first-order chi connectivity index (χ1) is 9.17. The van der Waals surface area contributed by atoms with E-state index in [4.69, 9.17) is 5.73 Å². The standard InChI is InChI=1S/C15H31N3O/c1-3-14(8-9-16)6-7-15(19)17(2)12-13-18-10-4-5-11-18/h14H,3-13,16H2,1-2H3. The van der Waals surface area contributed by atoms with E-state index in [0.29, 0.717) is 12.3 Å². The van der Waals surface area contributed by atoms with Gasteiger partial charge in [0.2, 0.25) is 5.91 Å². The van der Waals surface area contributed by atoms with Gasteiger partial charge in [-0.2, -0.15) is 0 Å². The van der Waals surface area contributed by atoms with Crippen molar-refractivity contribution in [3.63, 3.8) is 0 Å². The molecule has 1 saturated heterocycles. The first kappa shape index (κ1) is 16.4. The van der Waals surface area contributed by atoms with E-state index >= 15 is 0 Å². The van der Waals surface area contributed by atoms with E-state index in [1.807, 2.05) is 11.9 Å². The van der Waals surface area contributed by atoms with Gasteiger partial charge < -0.3 is 15.5 Å². The van der Waals surface area contributed by atoms with Gasteiger partial charge in [0, 0.05) is 26.6 Å². The Morgan fingerprint density at radius 2 is 2.00 bits per heavy atom. The molecule has 0 spiro atoms. The van der Waals surface area contributed by atoms with Crippen LogP contribution in [0.1, 0.15) is 45.4 Å². The third kappa shape index (κ3) is 6.39. The number of carbonyl (C=O) groups excluding carboxylic acids is 1. The molecule has 1 amide bonds. The molecule has 4 heteroatoms. The number of hydrogen-bond donors (Lipinski definition) is 1. The minimum Gasteiger partial charge on any atom is -0.344 e. The lowest BCUT2D eigenvalue weighted by atomic mass is 9.96. The average molecular weight is 269 g/mol. The molecule has 1 atom stereocenters. The quantitative estimate of drug-likeness (QED) is 0.693. The molecular weight excluding hydrogens is 238 g/mol. The number of carbonyl (C=O) groups is 1. The summed E-state index contributed by atoms with van der Waals surface area (Å²) in [6.07, 6.45) is 6.46. The summed E-state index contributed by atoms with van der Waals surface area (Å²) >= 11 is 0. The monoisotopic (exact) mass is 269 g/mol. The van der Waals surface area contributed by atoms with Crippen molar-refractivity contribution in [2.24, 2.45) is 11.7 Å². The lowest BCUT2D eigenvalue weighted by molar-refractivity contribution is -0.130. The number of nitrogens with zero attached hydrogens (tertiary/aromatic N) is 2. The van der Waals surface area contributed by atoms with Crippen LogP contribution in [0.5, 0.6) is 0 Å². The molecule has 112 valence electrons. The van der Waals surface area contributed by atoms with Crippen LogP contribution in [0.3, 0.4) is 0 Å². The third-order valence-corrected chi connectivity index (χ3v) is 4.29. The van der Waals surface area contributed by atoms with Crippen LogP contribution in [0.25, 0.3) is 0 Å². The zero-order valence-electron chi connectivity index (χ0n) is 12.7. The Balaban J connectivity index is 2.16. The van der Waals surface area contributed by atoms with Gasteiger partial charge >= 0.3 is 0 Å². The van der Waals surface area contributed by atoms with Crippen molar-refractivity contribution >= 4 is 5.91 Å². The van der Waals surface area contributed by atoms with Gasteiger partial charge in [0.25, 0.3) is 0 Å². The van der Waals surface area contributed by atoms with Crippen molar-refractivity contribution in [2.45, 2.75) is 45.4 Å². The molecule has 0 radical (unpaired) electrons. The molecule has 1 unspecified atom stereocenters. The van der Waals surface area contributed by atoms with Crippen LogP contribution < -0.4 is 5.73 Å². The molecule has 1 rings (SSSR count). The summed E-state index contributed by atoms with van der Waals surface area (Å²) in [6, 6.07) is 0. The second-order valence-corrected chi connectivity index (χ2v) is 5.75. The van der Waals surface area contributed by atoms with Gasteiger partial charge in [0.1, 0.15) is 0 Å². The highest BCUT2D eigenvalue weighted by molar-refractivity contribution is 5.75. The molecule has 4 nitrogen and oxygen atoms in total. The number of likely N-dealkylation sites (tertiary alicyclic amines) is 1. The fourth-order valence-corrected chi connectivity index (χ4v) is 2.73.